The summed E-state index contributed by atoms with van der Waals surface area (Å²) in [5, 5.41) is 30.2. The number of aliphatic hydroxyl groups excluding tert-OH is 2. The van der Waals surface area contributed by atoms with Crippen molar-refractivity contribution in [2.75, 3.05) is 0 Å². The van der Waals surface area contributed by atoms with Crippen molar-refractivity contribution in [1.29, 1.82) is 0 Å². The van der Waals surface area contributed by atoms with E-state index in [0.29, 0.717) is 30.1 Å². The highest BCUT2D eigenvalue weighted by Gasteiger charge is 2.50. The lowest BCUT2D eigenvalue weighted by Crippen LogP contribution is -2.36. The standard InChI is InChI=1S/C27H44O3/c1-18(8-6-14-26(3,4)30)23-12-13-24-20(9-7-15-27(23,24)5)10-11-21-16-22(28)17-25(29)19(21)2/h10-11,18,22-25,28-30H,2,6-9,12-17H2,1,3-5H3/b20-10?,21-11-/t18-,22-,23-,24+,25-,27-/m1/s1. The monoisotopic (exact) mass is 416 g/mol. The summed E-state index contributed by atoms with van der Waals surface area (Å²) >= 11 is 0. The van der Waals surface area contributed by atoms with E-state index in [4.69, 9.17) is 0 Å². The molecule has 0 bridgehead atoms. The molecule has 3 fully saturated rings. The van der Waals surface area contributed by atoms with E-state index in [1.54, 1.807) is 5.57 Å². The molecule has 0 aromatic rings. The Bertz CT molecular complexity index is 683. The molecule has 30 heavy (non-hydrogen) atoms. The summed E-state index contributed by atoms with van der Waals surface area (Å²) in [6.45, 7) is 12.8. The van der Waals surface area contributed by atoms with Crippen LogP contribution in [0.3, 0.4) is 0 Å². The van der Waals surface area contributed by atoms with Gasteiger partial charge in [0.05, 0.1) is 17.8 Å². The van der Waals surface area contributed by atoms with Crippen molar-refractivity contribution in [1.82, 2.24) is 0 Å². The summed E-state index contributed by atoms with van der Waals surface area (Å²) < 4.78 is 0. The minimum Gasteiger partial charge on any atom is -0.393 e. The zero-order chi connectivity index (χ0) is 22.1. The van der Waals surface area contributed by atoms with Crippen LogP contribution in [0.4, 0.5) is 0 Å². The molecule has 3 rings (SSSR count). The summed E-state index contributed by atoms with van der Waals surface area (Å²) in [6, 6.07) is 0. The fourth-order valence-electron chi connectivity index (χ4n) is 6.74. The van der Waals surface area contributed by atoms with Gasteiger partial charge in [-0.2, -0.15) is 0 Å². The van der Waals surface area contributed by atoms with E-state index < -0.39 is 17.8 Å². The molecule has 170 valence electrons. The predicted molar refractivity (Wildman–Crippen MR) is 124 cm³/mol. The predicted octanol–water partition coefficient (Wildman–Crippen LogP) is 5.70. The van der Waals surface area contributed by atoms with E-state index in [1.165, 1.54) is 38.5 Å². The largest absolute Gasteiger partial charge is 0.393 e. The molecule has 0 aromatic carbocycles. The van der Waals surface area contributed by atoms with E-state index >= 15 is 0 Å². The van der Waals surface area contributed by atoms with Gasteiger partial charge < -0.3 is 15.3 Å². The van der Waals surface area contributed by atoms with Gasteiger partial charge in [0.1, 0.15) is 0 Å². The third-order valence-corrected chi connectivity index (χ3v) is 8.44. The van der Waals surface area contributed by atoms with Gasteiger partial charge in [0.15, 0.2) is 0 Å². The van der Waals surface area contributed by atoms with Gasteiger partial charge in [0, 0.05) is 6.42 Å². The van der Waals surface area contributed by atoms with Crippen LogP contribution in [-0.4, -0.2) is 33.1 Å². The van der Waals surface area contributed by atoms with Crippen LogP contribution in [0.25, 0.3) is 0 Å². The smallest absolute Gasteiger partial charge is 0.0811 e. The maximum atomic E-state index is 10.1. The minimum absolute atomic E-state index is 0.374. The number of allylic oxidation sites excluding steroid dienone is 3. The summed E-state index contributed by atoms with van der Waals surface area (Å²) in [4.78, 5) is 0. The summed E-state index contributed by atoms with van der Waals surface area (Å²) in [7, 11) is 0. The molecule has 0 aliphatic heterocycles. The Morgan fingerprint density at radius 1 is 1.23 bits per heavy atom. The molecule has 3 aliphatic carbocycles. The highest BCUT2D eigenvalue weighted by molar-refractivity contribution is 5.38. The summed E-state index contributed by atoms with van der Waals surface area (Å²) in [5.74, 6) is 2.11. The lowest BCUT2D eigenvalue weighted by Gasteiger charge is -2.44. The van der Waals surface area contributed by atoms with Crippen LogP contribution in [0.1, 0.15) is 91.9 Å². The Kier molecular flexibility index (Phi) is 7.37. The molecule has 0 saturated heterocycles. The van der Waals surface area contributed by atoms with Crippen LogP contribution in [-0.2, 0) is 0 Å². The first-order valence-electron chi connectivity index (χ1n) is 12.2. The van der Waals surface area contributed by atoms with E-state index in [0.717, 1.165) is 29.9 Å². The van der Waals surface area contributed by atoms with Crippen molar-refractivity contribution < 1.29 is 15.3 Å². The first-order chi connectivity index (χ1) is 14.0. The van der Waals surface area contributed by atoms with E-state index in [9.17, 15) is 15.3 Å². The van der Waals surface area contributed by atoms with Crippen LogP contribution in [0, 0.1) is 23.2 Å². The quantitative estimate of drug-likeness (QED) is 0.520. The molecule has 6 atom stereocenters. The Morgan fingerprint density at radius 2 is 1.97 bits per heavy atom. The SMILES string of the molecule is C=C1/C(=C\C=C2CCC[C@]3(C)[C@@H]([C@H](C)CCCC(C)(C)O)CC[C@@H]23)C[C@@H](O)C[C@H]1O. The minimum atomic E-state index is -0.615. The van der Waals surface area contributed by atoms with Crippen molar-refractivity contribution in [2.45, 2.75) is 110 Å². The number of hydrogen-bond acceptors (Lipinski definition) is 3. The van der Waals surface area contributed by atoms with Gasteiger partial charge in [-0.1, -0.05) is 51.0 Å². The van der Waals surface area contributed by atoms with Gasteiger partial charge >= 0.3 is 0 Å². The fourth-order valence-corrected chi connectivity index (χ4v) is 6.74. The summed E-state index contributed by atoms with van der Waals surface area (Å²) in [5.41, 5.74) is 3.17. The maximum Gasteiger partial charge on any atom is 0.0811 e. The highest BCUT2D eigenvalue weighted by atomic mass is 16.3. The number of fused-ring (bicyclic) bond motifs is 1. The number of hydrogen-bond donors (Lipinski definition) is 3. The average Bonchev–Trinajstić information content (AvgIpc) is 3.00. The molecule has 3 saturated carbocycles. The summed E-state index contributed by atoms with van der Waals surface area (Å²) in [6.07, 6.45) is 13.9. The zero-order valence-corrected chi connectivity index (χ0v) is 19.7. The van der Waals surface area contributed by atoms with E-state index in [-0.39, 0.29) is 0 Å². The topological polar surface area (TPSA) is 60.7 Å². The Balaban J connectivity index is 1.70. The zero-order valence-electron chi connectivity index (χ0n) is 19.7. The molecule has 0 unspecified atom stereocenters. The van der Waals surface area contributed by atoms with Crippen LogP contribution in [0.5, 0.6) is 0 Å². The average molecular weight is 417 g/mol. The normalized spacial score (nSPS) is 38.8. The van der Waals surface area contributed by atoms with Crippen LogP contribution in [0.2, 0.25) is 0 Å². The molecule has 3 heteroatoms. The first kappa shape index (κ1) is 23.8. The molecule has 3 nitrogen and oxygen atoms in total. The molecular formula is C27H44O3. The molecule has 3 N–H and O–H groups in total. The molecule has 0 heterocycles. The molecular weight excluding hydrogens is 372 g/mol. The lowest BCUT2D eigenvalue weighted by atomic mass is 9.60. The second-order valence-corrected chi connectivity index (χ2v) is 11.3. The molecule has 3 aliphatic rings. The van der Waals surface area contributed by atoms with Crippen molar-refractivity contribution in [2.24, 2.45) is 23.2 Å². The molecule has 0 amide bonds. The third-order valence-electron chi connectivity index (χ3n) is 8.44. The van der Waals surface area contributed by atoms with E-state index in [1.807, 2.05) is 13.8 Å². The first-order valence-corrected chi connectivity index (χ1v) is 12.2. The van der Waals surface area contributed by atoms with Crippen molar-refractivity contribution in [3.8, 4) is 0 Å². The van der Waals surface area contributed by atoms with Gasteiger partial charge in [0.25, 0.3) is 0 Å². The van der Waals surface area contributed by atoms with Gasteiger partial charge in [-0.15, -0.1) is 0 Å². The highest BCUT2D eigenvalue weighted by Crippen LogP contribution is 2.60. The number of rotatable bonds is 6. The van der Waals surface area contributed by atoms with Gasteiger partial charge in [-0.25, -0.2) is 0 Å². The van der Waals surface area contributed by atoms with Gasteiger partial charge in [-0.3, -0.25) is 0 Å². The second kappa shape index (κ2) is 9.30. The van der Waals surface area contributed by atoms with Gasteiger partial charge in [0.2, 0.25) is 0 Å². The van der Waals surface area contributed by atoms with Crippen molar-refractivity contribution in [3.63, 3.8) is 0 Å². The molecule has 0 aromatic heterocycles. The number of aliphatic hydroxyl groups is 3. The molecule has 0 radical (unpaired) electrons. The van der Waals surface area contributed by atoms with E-state index in [2.05, 4.69) is 32.6 Å². The van der Waals surface area contributed by atoms with Gasteiger partial charge in [-0.05, 0) is 93.1 Å². The van der Waals surface area contributed by atoms with Crippen molar-refractivity contribution in [3.05, 3.63) is 35.5 Å². The van der Waals surface area contributed by atoms with Crippen molar-refractivity contribution >= 4 is 0 Å². The van der Waals surface area contributed by atoms with Crippen LogP contribution >= 0.6 is 0 Å². The Hall–Kier alpha value is -0.900. The Labute approximate surface area is 184 Å². The fraction of sp³-hybridized carbons (Fsp3) is 0.778. The lowest BCUT2D eigenvalue weighted by molar-refractivity contribution is 0.0596. The maximum absolute atomic E-state index is 10.1. The van der Waals surface area contributed by atoms with Crippen LogP contribution in [0.15, 0.2) is 35.5 Å². The third kappa shape index (κ3) is 5.29. The molecule has 0 spiro atoms. The Morgan fingerprint density at radius 3 is 2.67 bits per heavy atom. The second-order valence-electron chi connectivity index (χ2n) is 11.3. The van der Waals surface area contributed by atoms with Crippen LogP contribution < -0.4 is 0 Å².